The first-order chi connectivity index (χ1) is 9.67. The van der Waals surface area contributed by atoms with Crippen molar-refractivity contribution in [1.29, 1.82) is 10.5 Å². The van der Waals surface area contributed by atoms with E-state index in [2.05, 4.69) is 22.4 Å². The van der Waals surface area contributed by atoms with E-state index in [9.17, 15) is 0 Å². The van der Waals surface area contributed by atoms with E-state index >= 15 is 0 Å². The van der Waals surface area contributed by atoms with Crippen molar-refractivity contribution in [2.24, 2.45) is 0 Å². The van der Waals surface area contributed by atoms with Crippen molar-refractivity contribution in [3.05, 3.63) is 47.2 Å². The second-order valence-corrected chi connectivity index (χ2v) is 4.11. The van der Waals surface area contributed by atoms with Gasteiger partial charge in [-0.1, -0.05) is 6.07 Å². The van der Waals surface area contributed by atoms with Crippen LogP contribution in [0.1, 0.15) is 16.8 Å². The highest BCUT2D eigenvalue weighted by molar-refractivity contribution is 5.72. The quantitative estimate of drug-likeness (QED) is 0.921. The minimum Gasteiger partial charge on any atom is -0.495 e. The van der Waals surface area contributed by atoms with E-state index < -0.39 is 0 Å². The second-order valence-electron chi connectivity index (χ2n) is 4.11. The Kier molecular flexibility index (Phi) is 3.83. The number of aromatic nitrogens is 1. The molecule has 98 valence electrons. The molecule has 2 rings (SSSR count). The minimum absolute atomic E-state index is 0.450. The summed E-state index contributed by atoms with van der Waals surface area (Å²) in [5.41, 5.74) is 2.22. The van der Waals surface area contributed by atoms with Gasteiger partial charge in [-0.15, -0.1) is 0 Å². The summed E-state index contributed by atoms with van der Waals surface area (Å²) in [6.07, 6.45) is 0. The summed E-state index contributed by atoms with van der Waals surface area (Å²) < 4.78 is 5.24. The van der Waals surface area contributed by atoms with Crippen LogP contribution >= 0.6 is 0 Å². The molecule has 0 aliphatic carbocycles. The lowest BCUT2D eigenvalue weighted by Crippen LogP contribution is -2.00. The number of benzene rings is 1. The number of rotatable bonds is 3. The normalized spacial score (nSPS) is 9.40. The van der Waals surface area contributed by atoms with Crippen molar-refractivity contribution in [3.63, 3.8) is 0 Å². The van der Waals surface area contributed by atoms with Gasteiger partial charge >= 0.3 is 0 Å². The number of pyridine rings is 1. The summed E-state index contributed by atoms with van der Waals surface area (Å²) in [6.45, 7) is 1.81. The zero-order chi connectivity index (χ0) is 14.5. The van der Waals surface area contributed by atoms with Crippen LogP contribution in [-0.4, -0.2) is 12.1 Å². The molecule has 0 unspecified atom stereocenters. The average Bonchev–Trinajstić information content (AvgIpc) is 2.46. The van der Waals surface area contributed by atoms with Crippen LogP contribution in [0.4, 0.5) is 11.5 Å². The van der Waals surface area contributed by atoms with E-state index in [-0.39, 0.29) is 0 Å². The standard InChI is InChI=1S/C15H12N4O/c1-10-6-11(8-16)7-14(18-10)19-15-12(9-17)4-3-5-13(15)20-2/h3-7H,1-2H3,(H,18,19). The van der Waals surface area contributed by atoms with Crippen molar-refractivity contribution < 1.29 is 4.74 Å². The highest BCUT2D eigenvalue weighted by Gasteiger charge is 2.10. The number of anilines is 2. The maximum absolute atomic E-state index is 9.15. The van der Waals surface area contributed by atoms with Crippen LogP contribution in [0.3, 0.4) is 0 Å². The fourth-order valence-electron chi connectivity index (χ4n) is 1.85. The number of nitriles is 2. The van der Waals surface area contributed by atoms with Crippen molar-refractivity contribution in [3.8, 4) is 17.9 Å². The molecular formula is C15H12N4O. The highest BCUT2D eigenvalue weighted by Crippen LogP contribution is 2.30. The molecule has 1 aromatic carbocycles. The minimum atomic E-state index is 0.450. The lowest BCUT2D eigenvalue weighted by molar-refractivity contribution is 0.416. The summed E-state index contributed by atoms with van der Waals surface area (Å²) in [5, 5.41) is 21.2. The monoisotopic (exact) mass is 264 g/mol. The molecule has 1 N–H and O–H groups in total. The molecule has 2 aromatic rings. The number of hydrogen-bond acceptors (Lipinski definition) is 5. The van der Waals surface area contributed by atoms with Gasteiger partial charge in [-0.3, -0.25) is 0 Å². The molecule has 1 heterocycles. The Balaban J connectivity index is 2.48. The van der Waals surface area contributed by atoms with Crippen LogP contribution in [0.25, 0.3) is 0 Å². The third-order valence-electron chi connectivity index (χ3n) is 2.70. The number of ether oxygens (including phenoxy) is 1. The Morgan fingerprint density at radius 3 is 2.65 bits per heavy atom. The summed E-state index contributed by atoms with van der Waals surface area (Å²) in [4.78, 5) is 4.30. The van der Waals surface area contributed by atoms with Crippen molar-refractivity contribution in [2.75, 3.05) is 12.4 Å². The lowest BCUT2D eigenvalue weighted by Gasteiger charge is -2.12. The first-order valence-electron chi connectivity index (χ1n) is 5.91. The predicted octanol–water partition coefficient (Wildman–Crippen LogP) is 2.89. The molecule has 0 bridgehead atoms. The third-order valence-corrected chi connectivity index (χ3v) is 2.70. The fourth-order valence-corrected chi connectivity index (χ4v) is 1.85. The largest absolute Gasteiger partial charge is 0.495 e. The first-order valence-corrected chi connectivity index (χ1v) is 5.91. The van der Waals surface area contributed by atoms with Crippen molar-refractivity contribution in [1.82, 2.24) is 4.98 Å². The molecule has 0 radical (unpaired) electrons. The van der Waals surface area contributed by atoms with Crippen LogP contribution < -0.4 is 10.1 Å². The van der Waals surface area contributed by atoms with Gasteiger partial charge in [0.2, 0.25) is 0 Å². The van der Waals surface area contributed by atoms with Crippen LogP contribution in [0.15, 0.2) is 30.3 Å². The van der Waals surface area contributed by atoms with E-state index in [0.29, 0.717) is 28.4 Å². The Hall–Kier alpha value is -3.05. The number of methoxy groups -OCH3 is 1. The van der Waals surface area contributed by atoms with Gasteiger partial charge in [-0.25, -0.2) is 4.98 Å². The topological polar surface area (TPSA) is 81.7 Å². The molecule has 0 fully saturated rings. The third kappa shape index (κ3) is 2.68. The van der Waals surface area contributed by atoms with E-state index in [0.717, 1.165) is 5.69 Å². The zero-order valence-corrected chi connectivity index (χ0v) is 11.1. The smallest absolute Gasteiger partial charge is 0.143 e. The van der Waals surface area contributed by atoms with Crippen LogP contribution in [0, 0.1) is 29.6 Å². The van der Waals surface area contributed by atoms with Crippen LogP contribution in [0.2, 0.25) is 0 Å². The van der Waals surface area contributed by atoms with Gasteiger partial charge in [0, 0.05) is 5.69 Å². The zero-order valence-electron chi connectivity index (χ0n) is 11.1. The van der Waals surface area contributed by atoms with Crippen LogP contribution in [-0.2, 0) is 0 Å². The van der Waals surface area contributed by atoms with Gasteiger partial charge in [0.15, 0.2) is 0 Å². The first kappa shape index (κ1) is 13.4. The van der Waals surface area contributed by atoms with Gasteiger partial charge in [0.25, 0.3) is 0 Å². The van der Waals surface area contributed by atoms with Gasteiger partial charge in [-0.05, 0) is 31.2 Å². The van der Waals surface area contributed by atoms with Crippen LogP contribution in [0.5, 0.6) is 5.75 Å². The molecule has 1 aromatic heterocycles. The molecule has 0 saturated heterocycles. The Bertz CT molecular complexity index is 726. The number of para-hydroxylation sites is 1. The maximum Gasteiger partial charge on any atom is 0.143 e. The summed E-state index contributed by atoms with van der Waals surface area (Å²) in [5.74, 6) is 1.05. The van der Waals surface area contributed by atoms with E-state index in [4.69, 9.17) is 15.3 Å². The molecule has 0 aliphatic heterocycles. The summed E-state index contributed by atoms with van der Waals surface area (Å²) in [7, 11) is 1.53. The Morgan fingerprint density at radius 2 is 2.00 bits per heavy atom. The van der Waals surface area contributed by atoms with E-state index in [1.54, 1.807) is 37.3 Å². The molecule has 0 saturated carbocycles. The number of nitrogens with zero attached hydrogens (tertiary/aromatic N) is 3. The predicted molar refractivity (Wildman–Crippen MR) is 74.7 cm³/mol. The average molecular weight is 264 g/mol. The van der Waals surface area contributed by atoms with Crippen molar-refractivity contribution in [2.45, 2.75) is 6.92 Å². The van der Waals surface area contributed by atoms with Crippen molar-refractivity contribution >= 4 is 11.5 Å². The molecular weight excluding hydrogens is 252 g/mol. The SMILES string of the molecule is COc1cccc(C#N)c1Nc1cc(C#N)cc(C)n1. The number of hydrogen-bond donors (Lipinski definition) is 1. The molecule has 0 atom stereocenters. The van der Waals surface area contributed by atoms with Gasteiger partial charge < -0.3 is 10.1 Å². The van der Waals surface area contributed by atoms with Gasteiger partial charge in [0.1, 0.15) is 23.3 Å². The van der Waals surface area contributed by atoms with E-state index in [1.807, 2.05) is 0 Å². The Morgan fingerprint density at radius 1 is 1.20 bits per heavy atom. The number of nitrogens with one attached hydrogen (secondary N) is 1. The summed E-state index contributed by atoms with van der Waals surface area (Å²) in [6, 6.07) is 12.7. The fraction of sp³-hybridized carbons (Fsp3) is 0.133. The Labute approximate surface area is 117 Å². The molecule has 20 heavy (non-hydrogen) atoms. The highest BCUT2D eigenvalue weighted by atomic mass is 16.5. The summed E-state index contributed by atoms with van der Waals surface area (Å²) >= 11 is 0. The number of aryl methyl sites for hydroxylation is 1. The second kappa shape index (κ2) is 5.73. The lowest BCUT2D eigenvalue weighted by atomic mass is 10.1. The molecule has 5 heteroatoms. The van der Waals surface area contributed by atoms with Gasteiger partial charge in [0.05, 0.1) is 24.3 Å². The molecule has 0 spiro atoms. The molecule has 5 nitrogen and oxygen atoms in total. The molecule has 0 amide bonds. The van der Waals surface area contributed by atoms with Gasteiger partial charge in [-0.2, -0.15) is 10.5 Å². The van der Waals surface area contributed by atoms with E-state index in [1.165, 1.54) is 7.11 Å². The maximum atomic E-state index is 9.15. The molecule has 0 aliphatic rings.